The normalized spacial score (nSPS) is 14.0. The molecule has 0 aromatic heterocycles. The Morgan fingerprint density at radius 1 is 0.508 bits per heavy atom. The van der Waals surface area contributed by atoms with E-state index in [-0.39, 0.29) is 19.1 Å². The summed E-state index contributed by atoms with van der Waals surface area (Å²) in [6.45, 7) is 4.86. The fourth-order valence-corrected chi connectivity index (χ4v) is 9.49. The number of unbranched alkanes of at least 4 members (excludes halogenated alkanes) is 40. The Morgan fingerprint density at radius 2 is 0.815 bits per heavy atom. The van der Waals surface area contributed by atoms with Gasteiger partial charge in [0.25, 0.3) is 0 Å². The molecule has 0 spiro atoms. The minimum atomic E-state index is -4.34. The van der Waals surface area contributed by atoms with Crippen LogP contribution < -0.4 is 5.32 Å². The van der Waals surface area contributed by atoms with E-state index < -0.39 is 20.0 Å². The monoisotopic (exact) mass is 942 g/mol. The van der Waals surface area contributed by atoms with Crippen molar-refractivity contribution in [2.45, 2.75) is 302 Å². The minimum Gasteiger partial charge on any atom is -0.387 e. The van der Waals surface area contributed by atoms with Crippen LogP contribution >= 0.6 is 7.82 Å². The number of likely N-dealkylation sites (N-methyl/N-ethyl adjacent to an activating group) is 1. The Kier molecular flexibility index (Phi) is 47.7. The number of carbonyl (C=O) groups is 1. The van der Waals surface area contributed by atoms with Crippen LogP contribution in [0, 0.1) is 0 Å². The maximum atomic E-state index is 13.0. The van der Waals surface area contributed by atoms with Crippen molar-refractivity contribution < 1.29 is 32.9 Å². The highest BCUT2D eigenvalue weighted by Crippen LogP contribution is 2.43. The first kappa shape index (κ1) is 64.2. The molecule has 0 heterocycles. The zero-order chi connectivity index (χ0) is 47.8. The molecular weight excluding hydrogens is 828 g/mol. The first-order chi connectivity index (χ1) is 31.5. The highest BCUT2D eigenvalue weighted by atomic mass is 31.2. The quantitative estimate of drug-likeness (QED) is 0.0243. The number of allylic oxidation sites excluding steroid dienone is 1. The van der Waals surface area contributed by atoms with E-state index in [1.54, 1.807) is 6.08 Å². The van der Waals surface area contributed by atoms with Gasteiger partial charge in [0.05, 0.1) is 39.9 Å². The van der Waals surface area contributed by atoms with Crippen molar-refractivity contribution >= 4 is 13.7 Å². The van der Waals surface area contributed by atoms with E-state index in [1.165, 1.54) is 238 Å². The fraction of sp³-hybridized carbons (Fsp3) is 0.946. The van der Waals surface area contributed by atoms with Crippen molar-refractivity contribution in [3.63, 3.8) is 0 Å². The van der Waals surface area contributed by atoms with Crippen molar-refractivity contribution in [3.05, 3.63) is 12.2 Å². The Hall–Kier alpha value is -0.760. The molecule has 9 heteroatoms. The third kappa shape index (κ3) is 50.9. The Balaban J connectivity index is 4.13. The molecule has 0 aliphatic heterocycles. The number of aliphatic hydroxyl groups is 1. The second kappa shape index (κ2) is 48.3. The fourth-order valence-electron chi connectivity index (χ4n) is 8.75. The van der Waals surface area contributed by atoms with Crippen LogP contribution in [0.2, 0.25) is 0 Å². The summed E-state index contributed by atoms with van der Waals surface area (Å²) in [7, 11) is 1.59. The van der Waals surface area contributed by atoms with Crippen molar-refractivity contribution in [1.82, 2.24) is 5.32 Å². The molecule has 0 fully saturated rings. The van der Waals surface area contributed by atoms with Gasteiger partial charge in [-0.3, -0.25) is 13.8 Å². The lowest BCUT2D eigenvalue weighted by Gasteiger charge is -2.25. The number of nitrogens with one attached hydrogen (secondary N) is 1. The molecular formula is C56H114N2O6P+. The van der Waals surface area contributed by atoms with Crippen LogP contribution in [0.3, 0.4) is 0 Å². The molecule has 0 aromatic rings. The number of phosphoric ester groups is 1. The lowest BCUT2D eigenvalue weighted by atomic mass is 10.0. The summed E-state index contributed by atoms with van der Waals surface area (Å²) in [5, 5.41) is 13.9. The number of hydrogen-bond donors (Lipinski definition) is 3. The molecule has 0 radical (unpaired) electrons. The first-order valence-electron chi connectivity index (χ1n) is 28.6. The van der Waals surface area contributed by atoms with E-state index in [9.17, 15) is 19.4 Å². The van der Waals surface area contributed by atoms with Gasteiger partial charge in [0.15, 0.2) is 0 Å². The van der Waals surface area contributed by atoms with Gasteiger partial charge in [-0.15, -0.1) is 0 Å². The summed E-state index contributed by atoms with van der Waals surface area (Å²) < 4.78 is 23.7. The van der Waals surface area contributed by atoms with E-state index in [0.29, 0.717) is 17.4 Å². The molecule has 1 unspecified atom stereocenters. The van der Waals surface area contributed by atoms with Gasteiger partial charge in [0, 0.05) is 6.42 Å². The number of carbonyl (C=O) groups excluding carboxylic acids is 1. The van der Waals surface area contributed by atoms with Crippen LogP contribution in [0.25, 0.3) is 0 Å². The highest BCUT2D eigenvalue weighted by Gasteiger charge is 2.27. The predicted octanol–water partition coefficient (Wildman–Crippen LogP) is 17.0. The number of rotatable bonds is 53. The molecule has 388 valence electrons. The molecule has 8 nitrogen and oxygen atoms in total. The average molecular weight is 943 g/mol. The molecule has 0 rings (SSSR count). The third-order valence-electron chi connectivity index (χ3n) is 13.3. The summed E-state index contributed by atoms with van der Waals surface area (Å²) >= 11 is 0. The van der Waals surface area contributed by atoms with Gasteiger partial charge in [-0.2, -0.15) is 0 Å². The van der Waals surface area contributed by atoms with Gasteiger partial charge >= 0.3 is 7.82 Å². The zero-order valence-electron chi connectivity index (χ0n) is 44.3. The Morgan fingerprint density at radius 3 is 1.14 bits per heavy atom. The number of nitrogens with zero attached hydrogens (tertiary/aromatic N) is 1. The van der Waals surface area contributed by atoms with Crippen LogP contribution in [0.15, 0.2) is 12.2 Å². The number of phosphoric acid groups is 1. The smallest absolute Gasteiger partial charge is 0.387 e. The average Bonchev–Trinajstić information content (AvgIpc) is 3.26. The second-order valence-corrected chi connectivity index (χ2v) is 22.5. The van der Waals surface area contributed by atoms with Crippen molar-refractivity contribution in [2.24, 2.45) is 0 Å². The van der Waals surface area contributed by atoms with Gasteiger partial charge in [-0.25, -0.2) is 4.57 Å². The SMILES string of the molecule is CCCCCCCCCCCCCCCCC/C=C/[C@@H](O)[C@H](COP(=O)(O)OCC[N+](C)(C)C)NC(=O)CCCCCCCCCCCCCCCCCCCCCCCCCCCC. The molecule has 3 N–H and O–H groups in total. The van der Waals surface area contributed by atoms with Crippen LogP contribution in [0.1, 0.15) is 290 Å². The summed E-state index contributed by atoms with van der Waals surface area (Å²) in [5.41, 5.74) is 0. The molecule has 65 heavy (non-hydrogen) atoms. The van der Waals surface area contributed by atoms with Crippen molar-refractivity contribution in [1.29, 1.82) is 0 Å². The lowest BCUT2D eigenvalue weighted by molar-refractivity contribution is -0.870. The number of quaternary nitrogens is 1. The van der Waals surface area contributed by atoms with Crippen LogP contribution in [0.4, 0.5) is 0 Å². The zero-order valence-corrected chi connectivity index (χ0v) is 45.2. The summed E-state index contributed by atoms with van der Waals surface area (Å²) in [6.07, 6.45) is 58.8. The van der Waals surface area contributed by atoms with Gasteiger partial charge in [0.2, 0.25) is 5.91 Å². The second-order valence-electron chi connectivity index (χ2n) is 21.0. The van der Waals surface area contributed by atoms with Gasteiger partial charge in [-0.1, -0.05) is 276 Å². The predicted molar refractivity (Wildman–Crippen MR) is 282 cm³/mol. The third-order valence-corrected chi connectivity index (χ3v) is 14.2. The van der Waals surface area contributed by atoms with E-state index >= 15 is 0 Å². The number of amides is 1. The van der Waals surface area contributed by atoms with Gasteiger partial charge in [0.1, 0.15) is 13.2 Å². The highest BCUT2D eigenvalue weighted by molar-refractivity contribution is 7.47. The molecule has 0 aromatic carbocycles. The lowest BCUT2D eigenvalue weighted by Crippen LogP contribution is -2.45. The molecule has 0 bridgehead atoms. The van der Waals surface area contributed by atoms with Crippen LogP contribution in [0.5, 0.6) is 0 Å². The van der Waals surface area contributed by atoms with Crippen LogP contribution in [-0.2, 0) is 18.4 Å². The van der Waals surface area contributed by atoms with E-state index in [1.807, 2.05) is 27.2 Å². The summed E-state index contributed by atoms with van der Waals surface area (Å²) in [5.74, 6) is -0.170. The molecule has 0 saturated carbocycles. The number of aliphatic hydroxyl groups excluding tert-OH is 1. The standard InChI is InChI=1S/C56H113N2O6P/c1-6-8-10-12-14-16-18-20-22-24-25-26-27-28-29-30-31-32-34-36-38-40-42-44-46-48-50-56(60)57-54(53-64-65(61,62)63-52-51-58(3,4)5)55(59)49-47-45-43-41-39-37-35-33-23-21-19-17-15-13-11-9-7-2/h47,49,54-55,59H,6-46,48,50-53H2,1-5H3,(H-,57,60,61,62)/p+1/b49-47+/t54-,55+/m0/s1. The maximum absolute atomic E-state index is 13.0. The largest absolute Gasteiger partial charge is 0.472 e. The molecule has 0 aliphatic carbocycles. The summed E-state index contributed by atoms with van der Waals surface area (Å²) in [6, 6.07) is -0.841. The van der Waals surface area contributed by atoms with Crippen molar-refractivity contribution in [2.75, 3.05) is 40.9 Å². The molecule has 1 amide bonds. The number of hydrogen-bond acceptors (Lipinski definition) is 5. The van der Waals surface area contributed by atoms with Gasteiger partial charge in [-0.05, 0) is 19.3 Å². The summed E-state index contributed by atoms with van der Waals surface area (Å²) in [4.78, 5) is 23.3. The molecule has 0 aliphatic rings. The Labute approximate surface area is 405 Å². The molecule has 3 atom stereocenters. The maximum Gasteiger partial charge on any atom is 0.472 e. The molecule has 0 saturated heterocycles. The minimum absolute atomic E-state index is 0.0651. The van der Waals surface area contributed by atoms with Gasteiger partial charge < -0.3 is 19.8 Å². The van der Waals surface area contributed by atoms with E-state index in [4.69, 9.17) is 9.05 Å². The van der Waals surface area contributed by atoms with Crippen molar-refractivity contribution in [3.8, 4) is 0 Å². The first-order valence-corrected chi connectivity index (χ1v) is 30.1. The van der Waals surface area contributed by atoms with E-state index in [2.05, 4.69) is 19.2 Å². The van der Waals surface area contributed by atoms with E-state index in [0.717, 1.165) is 32.1 Å². The Bertz CT molecular complexity index is 1070. The van der Waals surface area contributed by atoms with Crippen LogP contribution in [-0.4, -0.2) is 73.4 Å². The topological polar surface area (TPSA) is 105 Å².